The Morgan fingerprint density at radius 3 is 2.09 bits per heavy atom. The molecular weight excluding hydrogens is 595 g/mol. The molecule has 1 heterocycles. The maximum atomic E-state index is 13.6. The van der Waals surface area contributed by atoms with Crippen molar-refractivity contribution in [2.75, 3.05) is 6.54 Å². The van der Waals surface area contributed by atoms with Crippen LogP contribution < -0.4 is 0 Å². The Hall–Kier alpha value is -2.10. The standard InChI is InChI=1S/C24H18Br2ClFN2O4/c25-20-14-9-15(21(20)26)19-18(14)23(33)30(24(19)34)29(22(32)13-3-1-2-4-16(13)27)10-17(31)11-5-7-12(28)8-6-11/h1-8,14-15,18-21H,9-10H2/t14-,15-,18-,19+,20+,21+/m1/s1. The predicted molar refractivity (Wildman–Crippen MR) is 129 cm³/mol. The number of imide groups is 1. The van der Waals surface area contributed by atoms with E-state index in [1.165, 1.54) is 24.3 Å². The Labute approximate surface area is 216 Å². The van der Waals surface area contributed by atoms with Gasteiger partial charge in [-0.15, -0.1) is 0 Å². The zero-order valence-electron chi connectivity index (χ0n) is 17.5. The average Bonchev–Trinajstić information content (AvgIpc) is 3.43. The fourth-order valence-electron chi connectivity index (χ4n) is 5.44. The van der Waals surface area contributed by atoms with E-state index in [1.807, 2.05) is 0 Å². The van der Waals surface area contributed by atoms with Crippen LogP contribution >= 0.6 is 43.5 Å². The third kappa shape index (κ3) is 3.63. The van der Waals surface area contributed by atoms with Crippen LogP contribution in [0.1, 0.15) is 27.1 Å². The topological polar surface area (TPSA) is 74.8 Å². The largest absolute Gasteiger partial charge is 0.292 e. The Morgan fingerprint density at radius 1 is 0.971 bits per heavy atom. The monoisotopic (exact) mass is 610 g/mol. The zero-order valence-corrected chi connectivity index (χ0v) is 21.5. The van der Waals surface area contributed by atoms with E-state index in [1.54, 1.807) is 12.1 Å². The van der Waals surface area contributed by atoms with E-state index in [-0.39, 0.29) is 37.6 Å². The number of hydrogen-bond acceptors (Lipinski definition) is 4. The summed E-state index contributed by atoms with van der Waals surface area (Å²) < 4.78 is 13.3. The van der Waals surface area contributed by atoms with Gasteiger partial charge in [0.05, 0.1) is 22.4 Å². The first-order chi connectivity index (χ1) is 16.2. The first-order valence-electron chi connectivity index (χ1n) is 10.7. The molecule has 5 rings (SSSR count). The Morgan fingerprint density at radius 2 is 1.53 bits per heavy atom. The van der Waals surface area contributed by atoms with Crippen molar-refractivity contribution in [3.63, 3.8) is 0 Å². The highest BCUT2D eigenvalue weighted by molar-refractivity contribution is 9.12. The van der Waals surface area contributed by atoms with Gasteiger partial charge in [0.25, 0.3) is 17.7 Å². The number of Topliss-reactive ketones (excluding diaryl/α,β-unsaturated/α-hetero) is 1. The van der Waals surface area contributed by atoms with Crippen molar-refractivity contribution in [1.82, 2.24) is 10.0 Å². The minimum Gasteiger partial charge on any atom is -0.292 e. The van der Waals surface area contributed by atoms with Crippen molar-refractivity contribution in [1.29, 1.82) is 0 Å². The molecule has 2 aromatic carbocycles. The third-order valence-corrected chi connectivity index (χ3v) is 10.5. The van der Waals surface area contributed by atoms with Crippen LogP contribution in [0.5, 0.6) is 0 Å². The molecule has 2 aromatic rings. The maximum absolute atomic E-state index is 13.6. The second kappa shape index (κ2) is 8.84. The lowest BCUT2D eigenvalue weighted by Gasteiger charge is -2.31. The van der Waals surface area contributed by atoms with Crippen molar-refractivity contribution in [2.45, 2.75) is 16.1 Å². The van der Waals surface area contributed by atoms with Crippen molar-refractivity contribution in [3.8, 4) is 0 Å². The highest BCUT2D eigenvalue weighted by Gasteiger charge is 2.67. The van der Waals surface area contributed by atoms with E-state index >= 15 is 0 Å². The van der Waals surface area contributed by atoms with Crippen molar-refractivity contribution < 1.29 is 23.6 Å². The summed E-state index contributed by atoms with van der Waals surface area (Å²) >= 11 is 13.5. The van der Waals surface area contributed by atoms with Crippen molar-refractivity contribution in [2.24, 2.45) is 23.7 Å². The molecule has 3 fully saturated rings. The summed E-state index contributed by atoms with van der Waals surface area (Å²) in [5, 5.41) is 1.86. The predicted octanol–water partition coefficient (Wildman–Crippen LogP) is 4.50. The van der Waals surface area contributed by atoms with Gasteiger partial charge in [-0.2, -0.15) is 5.01 Å². The number of benzene rings is 2. The van der Waals surface area contributed by atoms with Gasteiger partial charge in [0.2, 0.25) is 0 Å². The minimum atomic E-state index is -0.735. The Bertz CT molecular complexity index is 1180. The molecule has 0 spiro atoms. The zero-order chi connectivity index (χ0) is 24.3. The minimum absolute atomic E-state index is 0.0315. The van der Waals surface area contributed by atoms with Gasteiger partial charge in [0.15, 0.2) is 5.78 Å². The number of amides is 3. The van der Waals surface area contributed by atoms with Crippen LogP contribution in [0.15, 0.2) is 48.5 Å². The molecule has 2 aliphatic carbocycles. The number of halogens is 4. The molecule has 6 nitrogen and oxygen atoms in total. The van der Waals surface area contributed by atoms with E-state index in [9.17, 15) is 23.6 Å². The molecule has 3 amide bonds. The van der Waals surface area contributed by atoms with E-state index in [4.69, 9.17) is 11.6 Å². The van der Waals surface area contributed by atoms with Crippen molar-refractivity contribution in [3.05, 3.63) is 70.5 Å². The van der Waals surface area contributed by atoms with E-state index in [0.717, 1.165) is 28.6 Å². The maximum Gasteiger partial charge on any atom is 0.274 e. The molecule has 1 saturated heterocycles. The summed E-state index contributed by atoms with van der Waals surface area (Å²) in [6, 6.07) is 11.1. The SMILES string of the molecule is O=C(CN(C(=O)c1ccccc1Cl)N1C(=O)[C@@H]2[C@H]3C[C@@H]([C@H](Br)[C@H]3Br)[C@@H]2C1=O)c1ccc(F)cc1. The van der Waals surface area contributed by atoms with Crippen molar-refractivity contribution >= 4 is 67.0 Å². The van der Waals surface area contributed by atoms with E-state index in [2.05, 4.69) is 31.9 Å². The van der Waals surface area contributed by atoms with Gasteiger partial charge in [-0.25, -0.2) is 9.40 Å². The van der Waals surface area contributed by atoms with Crippen LogP contribution in [0.4, 0.5) is 4.39 Å². The first-order valence-corrected chi connectivity index (χ1v) is 12.9. The van der Waals surface area contributed by atoms with Gasteiger partial charge in [-0.1, -0.05) is 55.6 Å². The summed E-state index contributed by atoms with van der Waals surface area (Å²) in [6.07, 6.45) is 0.736. The Balaban J connectivity index is 1.52. The number of fused-ring (bicyclic) bond motifs is 5. The summed E-state index contributed by atoms with van der Waals surface area (Å²) in [6.45, 7) is -0.572. The number of hydrogen-bond donors (Lipinski definition) is 0. The molecule has 176 valence electrons. The molecule has 2 saturated carbocycles. The number of rotatable bonds is 5. The van der Waals surface area contributed by atoms with Gasteiger partial charge in [0, 0.05) is 15.2 Å². The molecule has 34 heavy (non-hydrogen) atoms. The molecule has 2 bridgehead atoms. The lowest BCUT2D eigenvalue weighted by molar-refractivity contribution is -0.154. The van der Waals surface area contributed by atoms with Gasteiger partial charge >= 0.3 is 0 Å². The molecule has 0 N–H and O–H groups in total. The quantitative estimate of drug-likeness (QED) is 0.283. The van der Waals surface area contributed by atoms with Gasteiger partial charge in [-0.3, -0.25) is 19.2 Å². The number of carbonyl (C=O) groups excluding carboxylic acids is 4. The number of nitrogens with zero attached hydrogens (tertiary/aromatic N) is 2. The Kier molecular flexibility index (Phi) is 6.14. The molecule has 0 radical (unpaired) electrons. The summed E-state index contributed by atoms with van der Waals surface area (Å²) in [4.78, 5) is 53.7. The molecule has 6 atom stereocenters. The fourth-order valence-corrected chi connectivity index (χ4v) is 7.53. The number of carbonyl (C=O) groups is 4. The number of ketones is 1. The average molecular weight is 613 g/mol. The summed E-state index contributed by atoms with van der Waals surface area (Å²) in [7, 11) is 0. The second-order valence-corrected chi connectivity index (χ2v) is 11.3. The molecule has 1 aliphatic heterocycles. The lowest BCUT2D eigenvalue weighted by Crippen LogP contribution is -2.52. The fraction of sp³-hybridized carbons (Fsp3) is 0.333. The van der Waals surface area contributed by atoms with Crippen LogP contribution in [0.25, 0.3) is 0 Å². The van der Waals surface area contributed by atoms with Crippen LogP contribution in [0.2, 0.25) is 5.02 Å². The molecule has 10 heteroatoms. The molecule has 0 unspecified atom stereocenters. The van der Waals surface area contributed by atoms with Crippen LogP contribution in [0, 0.1) is 29.5 Å². The number of hydrazine groups is 1. The van der Waals surface area contributed by atoms with Crippen LogP contribution in [-0.2, 0) is 9.59 Å². The smallest absolute Gasteiger partial charge is 0.274 e. The first kappa shape index (κ1) is 23.6. The molecule has 3 aliphatic rings. The van der Waals surface area contributed by atoms with Crippen LogP contribution in [-0.4, -0.2) is 49.7 Å². The van der Waals surface area contributed by atoms with Gasteiger partial charge in [0.1, 0.15) is 12.4 Å². The third-order valence-electron chi connectivity index (χ3n) is 7.00. The van der Waals surface area contributed by atoms with Crippen LogP contribution in [0.3, 0.4) is 0 Å². The normalized spacial score (nSPS) is 29.5. The number of alkyl halides is 2. The lowest BCUT2D eigenvalue weighted by atomic mass is 9.81. The highest BCUT2D eigenvalue weighted by Crippen LogP contribution is 2.60. The summed E-state index contributed by atoms with van der Waals surface area (Å²) in [5.41, 5.74) is 0.215. The van der Waals surface area contributed by atoms with E-state index in [0.29, 0.717) is 0 Å². The van der Waals surface area contributed by atoms with E-state index < -0.39 is 47.7 Å². The summed E-state index contributed by atoms with van der Waals surface area (Å²) in [5.74, 6) is -3.98. The van der Waals surface area contributed by atoms with Gasteiger partial charge in [-0.05, 0) is 54.7 Å². The van der Waals surface area contributed by atoms with Gasteiger partial charge < -0.3 is 0 Å². The second-order valence-electron chi connectivity index (χ2n) is 8.76. The highest BCUT2D eigenvalue weighted by atomic mass is 79.9. The molecule has 0 aromatic heterocycles. The molecular formula is C24H18Br2ClFN2O4.